The number of hydrogen-bond acceptors (Lipinski definition) is 5. The number of anilines is 1. The fourth-order valence-electron chi connectivity index (χ4n) is 2.21. The van der Waals surface area contributed by atoms with Gasteiger partial charge in [-0.25, -0.2) is 9.97 Å². The zero-order chi connectivity index (χ0) is 19.0. The Balaban J connectivity index is 3.32. The van der Waals surface area contributed by atoms with Crippen molar-refractivity contribution in [1.29, 1.82) is 0 Å². The first-order valence-electron chi connectivity index (χ1n) is 8.76. The van der Waals surface area contributed by atoms with E-state index in [0.29, 0.717) is 22.7 Å². The van der Waals surface area contributed by atoms with Crippen LogP contribution >= 0.6 is 11.6 Å². The Labute approximate surface area is 156 Å². The molecule has 0 saturated carbocycles. The van der Waals surface area contributed by atoms with Crippen molar-refractivity contribution in [2.75, 3.05) is 19.4 Å². The summed E-state index contributed by atoms with van der Waals surface area (Å²) in [7, 11) is 3.76. The van der Waals surface area contributed by atoms with Crippen LogP contribution in [0.5, 0.6) is 0 Å². The topological polar surface area (TPSA) is 53.4 Å². The van der Waals surface area contributed by atoms with E-state index in [0.717, 1.165) is 29.9 Å². The van der Waals surface area contributed by atoms with Crippen LogP contribution in [0.25, 0.3) is 5.70 Å². The zero-order valence-corrected chi connectivity index (χ0v) is 17.1. The third kappa shape index (κ3) is 5.56. The van der Waals surface area contributed by atoms with Gasteiger partial charge in [0.2, 0.25) is 0 Å². The highest BCUT2D eigenvalue weighted by atomic mass is 35.5. The van der Waals surface area contributed by atoms with Crippen LogP contribution in [0.1, 0.15) is 52.1 Å². The van der Waals surface area contributed by atoms with E-state index >= 15 is 0 Å². The summed E-state index contributed by atoms with van der Waals surface area (Å²) in [5.74, 6) is 1.75. The van der Waals surface area contributed by atoms with E-state index in [1.165, 1.54) is 0 Å². The van der Waals surface area contributed by atoms with Gasteiger partial charge in [0.15, 0.2) is 11.6 Å². The highest BCUT2D eigenvalue weighted by Gasteiger charge is 2.17. The Morgan fingerprint density at radius 1 is 1.36 bits per heavy atom. The molecule has 0 aliphatic carbocycles. The van der Waals surface area contributed by atoms with Gasteiger partial charge in [-0.3, -0.25) is 4.99 Å². The van der Waals surface area contributed by atoms with E-state index in [9.17, 15) is 0 Å². The summed E-state index contributed by atoms with van der Waals surface area (Å²) in [6.45, 7) is 10.2. The number of halogens is 1. The lowest BCUT2D eigenvalue weighted by Gasteiger charge is -2.21. The summed E-state index contributed by atoms with van der Waals surface area (Å²) in [6.07, 6.45) is 7.79. The molecule has 6 heteroatoms. The molecule has 0 bridgehead atoms. The number of aromatic nitrogens is 2. The molecule has 0 aliphatic rings. The summed E-state index contributed by atoms with van der Waals surface area (Å²) in [5.41, 5.74) is 2.46. The second kappa shape index (κ2) is 10.2. The summed E-state index contributed by atoms with van der Waals surface area (Å²) in [6, 6.07) is 0. The molecule has 1 aromatic rings. The average molecular weight is 364 g/mol. The lowest BCUT2D eigenvalue weighted by Crippen LogP contribution is -2.16. The van der Waals surface area contributed by atoms with Gasteiger partial charge in [0.25, 0.3) is 0 Å². The van der Waals surface area contributed by atoms with E-state index in [1.807, 2.05) is 51.2 Å². The van der Waals surface area contributed by atoms with Crippen molar-refractivity contribution in [3.8, 4) is 0 Å². The number of nitrogens with zero attached hydrogens (tertiary/aromatic N) is 4. The lowest BCUT2D eigenvalue weighted by atomic mass is 10.1. The van der Waals surface area contributed by atoms with Crippen LogP contribution in [0.15, 0.2) is 22.3 Å². The summed E-state index contributed by atoms with van der Waals surface area (Å²) in [5, 5.41) is 3.79. The highest BCUT2D eigenvalue weighted by molar-refractivity contribution is 6.29. The van der Waals surface area contributed by atoms with Crippen LogP contribution in [0.3, 0.4) is 0 Å². The summed E-state index contributed by atoms with van der Waals surface area (Å²) >= 11 is 6.35. The number of allylic oxidation sites excluding steroid dienone is 2. The van der Waals surface area contributed by atoms with Gasteiger partial charge in [-0.05, 0) is 38.7 Å². The molecule has 138 valence electrons. The molecule has 1 heterocycles. The lowest BCUT2D eigenvalue weighted by molar-refractivity contribution is 0.623. The molecule has 0 aliphatic heterocycles. The SMILES string of the molecule is C/C=C(/c1nc(C)c(N=CC(C)CC)c(NC)n1)N(C)/C(Cl)=C\CC. The number of aryl methyl sites for hydroxylation is 1. The van der Waals surface area contributed by atoms with Crippen molar-refractivity contribution in [2.45, 2.75) is 47.5 Å². The molecule has 25 heavy (non-hydrogen) atoms. The molecular formula is C19H30ClN5. The highest BCUT2D eigenvalue weighted by Crippen LogP contribution is 2.29. The first-order valence-corrected chi connectivity index (χ1v) is 9.13. The molecule has 0 radical (unpaired) electrons. The Hall–Kier alpha value is -1.88. The zero-order valence-electron chi connectivity index (χ0n) is 16.4. The fraction of sp³-hybridized carbons (Fsp3) is 0.526. The maximum Gasteiger partial charge on any atom is 0.178 e. The van der Waals surface area contributed by atoms with Crippen molar-refractivity contribution < 1.29 is 0 Å². The molecule has 1 unspecified atom stereocenters. The average Bonchev–Trinajstić information content (AvgIpc) is 2.60. The van der Waals surface area contributed by atoms with Gasteiger partial charge in [-0.2, -0.15) is 0 Å². The number of nitrogens with one attached hydrogen (secondary N) is 1. The maximum atomic E-state index is 6.35. The normalized spacial score (nSPS) is 14.1. The molecule has 0 spiro atoms. The van der Waals surface area contributed by atoms with Crippen LogP contribution in [-0.2, 0) is 0 Å². The smallest absolute Gasteiger partial charge is 0.178 e. The van der Waals surface area contributed by atoms with Gasteiger partial charge in [-0.1, -0.05) is 38.4 Å². The minimum Gasteiger partial charge on any atom is -0.371 e. The Morgan fingerprint density at radius 3 is 2.56 bits per heavy atom. The van der Waals surface area contributed by atoms with Gasteiger partial charge in [-0.15, -0.1) is 0 Å². The molecule has 1 atom stereocenters. The van der Waals surface area contributed by atoms with Gasteiger partial charge in [0.05, 0.1) is 11.4 Å². The standard InChI is InChI=1S/C19H30ClN5/c1-8-11-16(20)25(7)15(10-3)18-23-14(5)17(19(21-6)24-18)22-12-13(4)9-2/h10-13H,8-9H2,1-7H3,(H,21,23,24)/b15-10-,16-11-,22-12?. The van der Waals surface area contributed by atoms with Gasteiger partial charge < -0.3 is 10.2 Å². The fourth-order valence-corrected chi connectivity index (χ4v) is 2.46. The molecular weight excluding hydrogens is 334 g/mol. The van der Waals surface area contributed by atoms with Gasteiger partial charge in [0, 0.05) is 20.3 Å². The monoisotopic (exact) mass is 363 g/mol. The van der Waals surface area contributed by atoms with E-state index in [-0.39, 0.29) is 0 Å². The van der Waals surface area contributed by atoms with Crippen LogP contribution in [0.4, 0.5) is 11.5 Å². The van der Waals surface area contributed by atoms with E-state index in [2.05, 4.69) is 41.0 Å². The number of hydrogen-bond donors (Lipinski definition) is 1. The van der Waals surface area contributed by atoms with E-state index in [4.69, 9.17) is 11.6 Å². The van der Waals surface area contributed by atoms with Crippen molar-refractivity contribution in [2.24, 2.45) is 10.9 Å². The van der Waals surface area contributed by atoms with Crippen molar-refractivity contribution in [1.82, 2.24) is 14.9 Å². The minimum absolute atomic E-state index is 0.416. The predicted octanol–water partition coefficient (Wildman–Crippen LogP) is 5.36. The molecule has 0 saturated heterocycles. The quantitative estimate of drug-likeness (QED) is 0.499. The first-order chi connectivity index (χ1) is 11.9. The van der Waals surface area contributed by atoms with Gasteiger partial charge >= 0.3 is 0 Å². The van der Waals surface area contributed by atoms with Crippen LogP contribution in [0.2, 0.25) is 0 Å². The molecule has 1 rings (SSSR count). The molecule has 0 amide bonds. The largest absolute Gasteiger partial charge is 0.371 e. The van der Waals surface area contributed by atoms with Crippen LogP contribution in [-0.4, -0.2) is 35.2 Å². The molecule has 1 N–H and O–H groups in total. The molecule has 0 fully saturated rings. The second-order valence-corrected chi connectivity index (χ2v) is 6.30. The molecule has 0 aromatic carbocycles. The number of rotatable bonds is 8. The Kier molecular flexibility index (Phi) is 8.62. The second-order valence-electron chi connectivity index (χ2n) is 5.91. The van der Waals surface area contributed by atoms with Gasteiger partial charge in [0.1, 0.15) is 10.8 Å². The first kappa shape index (κ1) is 21.2. The molecule has 5 nitrogen and oxygen atoms in total. The minimum atomic E-state index is 0.416. The summed E-state index contributed by atoms with van der Waals surface area (Å²) in [4.78, 5) is 15.8. The Morgan fingerprint density at radius 2 is 2.04 bits per heavy atom. The third-order valence-corrected chi connectivity index (χ3v) is 4.36. The van der Waals surface area contributed by atoms with Crippen LogP contribution in [0, 0.1) is 12.8 Å². The molecule has 1 aromatic heterocycles. The summed E-state index contributed by atoms with van der Waals surface area (Å²) < 4.78 is 0. The Bertz CT molecular complexity index is 664. The van der Waals surface area contributed by atoms with Crippen molar-refractivity contribution >= 4 is 35.0 Å². The van der Waals surface area contributed by atoms with Crippen molar-refractivity contribution in [3.05, 3.63) is 28.8 Å². The third-order valence-electron chi connectivity index (χ3n) is 3.95. The maximum absolute atomic E-state index is 6.35. The number of aliphatic imine (C=N–C) groups is 1. The van der Waals surface area contributed by atoms with Crippen LogP contribution < -0.4 is 5.32 Å². The van der Waals surface area contributed by atoms with E-state index in [1.54, 1.807) is 0 Å². The van der Waals surface area contributed by atoms with Crippen molar-refractivity contribution in [3.63, 3.8) is 0 Å². The van der Waals surface area contributed by atoms with E-state index < -0.39 is 0 Å². The predicted molar refractivity (Wildman–Crippen MR) is 110 cm³/mol.